The quantitative estimate of drug-likeness (QED) is 0.746. The van der Waals surface area contributed by atoms with Gasteiger partial charge in [-0.15, -0.1) is 0 Å². The van der Waals surface area contributed by atoms with Crippen molar-refractivity contribution in [2.75, 3.05) is 12.3 Å². The Bertz CT molecular complexity index is 265. The second-order valence-electron chi connectivity index (χ2n) is 4.71. The van der Waals surface area contributed by atoms with Gasteiger partial charge in [-0.3, -0.25) is 9.00 Å². The maximum absolute atomic E-state index is 11.9. The number of hydrogen-bond donors (Lipinski definition) is 2. The van der Waals surface area contributed by atoms with E-state index in [1.54, 1.807) is 6.92 Å². The number of rotatable bonds is 6. The summed E-state index contributed by atoms with van der Waals surface area (Å²) < 4.78 is 11.8. The summed E-state index contributed by atoms with van der Waals surface area (Å²) in [6, 6.07) is 0.296. The summed E-state index contributed by atoms with van der Waals surface area (Å²) in [4.78, 5) is 11.9. The van der Waals surface area contributed by atoms with Crippen LogP contribution in [0, 0.1) is 0 Å². The normalized spacial score (nSPS) is 20.8. The largest absolute Gasteiger partial charge is 0.352 e. The van der Waals surface area contributed by atoms with Crippen LogP contribution in [0.15, 0.2) is 0 Å². The molecule has 0 radical (unpaired) electrons. The summed E-state index contributed by atoms with van der Waals surface area (Å²) in [7, 11) is -1.09. The van der Waals surface area contributed by atoms with Crippen LogP contribution in [0.4, 0.5) is 0 Å². The standard InChI is InChI=1S/C12H24N2O2S/c1-10(17(16)9-5-8-13)12(15)14-11-6-3-2-4-7-11/h10-11H,2-9,13H2,1H3,(H,14,15). The van der Waals surface area contributed by atoms with Crippen LogP contribution >= 0.6 is 0 Å². The van der Waals surface area contributed by atoms with Gasteiger partial charge in [-0.05, 0) is 32.7 Å². The van der Waals surface area contributed by atoms with Crippen LogP contribution in [-0.2, 0) is 15.6 Å². The highest BCUT2D eigenvalue weighted by atomic mass is 32.2. The highest BCUT2D eigenvalue weighted by Crippen LogP contribution is 2.17. The van der Waals surface area contributed by atoms with Crippen molar-refractivity contribution < 1.29 is 9.00 Å². The van der Waals surface area contributed by atoms with Gasteiger partial charge in [-0.2, -0.15) is 0 Å². The Morgan fingerprint density at radius 3 is 2.65 bits per heavy atom. The topological polar surface area (TPSA) is 72.2 Å². The lowest BCUT2D eigenvalue weighted by Gasteiger charge is -2.24. The Balaban J connectivity index is 2.32. The second kappa shape index (κ2) is 7.82. The summed E-state index contributed by atoms with van der Waals surface area (Å²) in [6.07, 6.45) is 6.49. The first-order valence-corrected chi connectivity index (χ1v) is 7.91. The zero-order chi connectivity index (χ0) is 12.7. The second-order valence-corrected chi connectivity index (χ2v) is 6.59. The van der Waals surface area contributed by atoms with Crippen molar-refractivity contribution in [2.24, 2.45) is 5.73 Å². The number of carbonyl (C=O) groups is 1. The van der Waals surface area contributed by atoms with Crippen LogP contribution < -0.4 is 11.1 Å². The molecule has 1 saturated carbocycles. The zero-order valence-electron chi connectivity index (χ0n) is 10.6. The van der Waals surface area contributed by atoms with Crippen LogP contribution in [0.2, 0.25) is 0 Å². The molecular formula is C12H24N2O2S. The molecule has 0 bridgehead atoms. The molecule has 0 spiro atoms. The maximum atomic E-state index is 11.9. The van der Waals surface area contributed by atoms with E-state index in [4.69, 9.17) is 5.73 Å². The summed E-state index contributed by atoms with van der Waals surface area (Å²) in [5.74, 6) is 0.461. The minimum Gasteiger partial charge on any atom is -0.352 e. The molecule has 0 saturated heterocycles. The van der Waals surface area contributed by atoms with Crippen LogP contribution in [0.1, 0.15) is 45.4 Å². The van der Waals surface area contributed by atoms with Crippen molar-refractivity contribution in [1.29, 1.82) is 0 Å². The number of nitrogens with two attached hydrogens (primary N) is 1. The average molecular weight is 260 g/mol. The predicted molar refractivity (Wildman–Crippen MR) is 71.2 cm³/mol. The SMILES string of the molecule is CC(C(=O)NC1CCCCC1)S(=O)CCCN. The molecule has 1 aliphatic carbocycles. The van der Waals surface area contributed by atoms with Gasteiger partial charge in [0.05, 0.1) is 0 Å². The number of amides is 1. The van der Waals surface area contributed by atoms with Crippen LogP contribution in [0.3, 0.4) is 0 Å². The van der Waals surface area contributed by atoms with E-state index in [9.17, 15) is 9.00 Å². The van der Waals surface area contributed by atoms with E-state index >= 15 is 0 Å². The van der Waals surface area contributed by atoms with Crippen molar-refractivity contribution >= 4 is 16.7 Å². The minimum absolute atomic E-state index is 0.0627. The minimum atomic E-state index is -1.09. The fourth-order valence-corrected chi connectivity index (χ4v) is 3.20. The van der Waals surface area contributed by atoms with Gasteiger partial charge in [0, 0.05) is 22.6 Å². The lowest BCUT2D eigenvalue weighted by Crippen LogP contribution is -2.43. The van der Waals surface area contributed by atoms with Crippen molar-refractivity contribution in [3.63, 3.8) is 0 Å². The first-order chi connectivity index (χ1) is 8.15. The summed E-state index contributed by atoms with van der Waals surface area (Å²) in [6.45, 7) is 2.27. The molecule has 1 fully saturated rings. The third kappa shape index (κ3) is 5.17. The van der Waals surface area contributed by atoms with E-state index < -0.39 is 16.0 Å². The molecule has 0 aromatic carbocycles. The van der Waals surface area contributed by atoms with Crippen LogP contribution in [0.25, 0.3) is 0 Å². The van der Waals surface area contributed by atoms with Gasteiger partial charge < -0.3 is 11.1 Å². The van der Waals surface area contributed by atoms with Gasteiger partial charge in [-0.25, -0.2) is 0 Å². The molecule has 0 heterocycles. The first kappa shape index (κ1) is 14.6. The molecule has 3 N–H and O–H groups in total. The fraction of sp³-hybridized carbons (Fsp3) is 0.917. The van der Waals surface area contributed by atoms with Gasteiger partial charge >= 0.3 is 0 Å². The molecule has 1 aliphatic rings. The molecule has 0 aliphatic heterocycles. The Labute approximate surface area is 106 Å². The maximum Gasteiger partial charge on any atom is 0.235 e. The third-order valence-electron chi connectivity index (χ3n) is 3.26. The van der Waals surface area contributed by atoms with Gasteiger partial charge in [-0.1, -0.05) is 19.3 Å². The van der Waals surface area contributed by atoms with Gasteiger partial charge in [0.25, 0.3) is 0 Å². The molecule has 2 atom stereocenters. The average Bonchev–Trinajstić information content (AvgIpc) is 2.36. The summed E-state index contributed by atoms with van der Waals surface area (Å²) >= 11 is 0. The summed E-state index contributed by atoms with van der Waals surface area (Å²) in [5, 5.41) is 2.60. The molecule has 5 heteroatoms. The Morgan fingerprint density at radius 1 is 1.41 bits per heavy atom. The third-order valence-corrected chi connectivity index (χ3v) is 4.96. The van der Waals surface area contributed by atoms with Gasteiger partial charge in [0.1, 0.15) is 5.25 Å². The highest BCUT2D eigenvalue weighted by Gasteiger charge is 2.23. The van der Waals surface area contributed by atoms with Crippen molar-refractivity contribution in [2.45, 2.75) is 56.7 Å². The van der Waals surface area contributed by atoms with Gasteiger partial charge in [0.15, 0.2) is 0 Å². The smallest absolute Gasteiger partial charge is 0.235 e. The Hall–Kier alpha value is -0.420. The predicted octanol–water partition coefficient (Wildman–Crippen LogP) is 0.921. The van der Waals surface area contributed by atoms with Crippen molar-refractivity contribution in [3.05, 3.63) is 0 Å². The molecule has 0 aromatic heterocycles. The molecular weight excluding hydrogens is 236 g/mol. The van der Waals surface area contributed by atoms with E-state index in [1.165, 1.54) is 19.3 Å². The van der Waals surface area contributed by atoms with Crippen molar-refractivity contribution in [3.8, 4) is 0 Å². The van der Waals surface area contributed by atoms with Crippen LogP contribution in [-0.4, -0.2) is 33.7 Å². The molecule has 17 heavy (non-hydrogen) atoms. The lowest BCUT2D eigenvalue weighted by molar-refractivity contribution is -0.121. The lowest BCUT2D eigenvalue weighted by atomic mass is 9.95. The monoisotopic (exact) mass is 260 g/mol. The highest BCUT2D eigenvalue weighted by molar-refractivity contribution is 7.86. The molecule has 0 aromatic rings. The van der Waals surface area contributed by atoms with Gasteiger partial charge in [0.2, 0.25) is 5.91 Å². The zero-order valence-corrected chi connectivity index (χ0v) is 11.4. The number of hydrogen-bond acceptors (Lipinski definition) is 3. The Morgan fingerprint density at radius 2 is 2.06 bits per heavy atom. The van der Waals surface area contributed by atoms with E-state index in [0.717, 1.165) is 12.8 Å². The van der Waals surface area contributed by atoms with Crippen molar-refractivity contribution in [1.82, 2.24) is 5.32 Å². The summed E-state index contributed by atoms with van der Waals surface area (Å²) in [5.41, 5.74) is 5.37. The van der Waals surface area contributed by atoms with E-state index in [0.29, 0.717) is 24.8 Å². The molecule has 1 amide bonds. The van der Waals surface area contributed by atoms with Crippen LogP contribution in [0.5, 0.6) is 0 Å². The first-order valence-electron chi connectivity index (χ1n) is 6.52. The number of carbonyl (C=O) groups excluding carboxylic acids is 1. The fourth-order valence-electron chi connectivity index (χ4n) is 2.09. The molecule has 1 rings (SSSR count). The van der Waals surface area contributed by atoms with E-state index in [1.807, 2.05) is 0 Å². The van der Waals surface area contributed by atoms with E-state index in [-0.39, 0.29) is 5.91 Å². The molecule has 100 valence electrons. The molecule has 4 nitrogen and oxygen atoms in total. The number of nitrogens with one attached hydrogen (secondary N) is 1. The van der Waals surface area contributed by atoms with E-state index in [2.05, 4.69) is 5.32 Å². The Kier molecular flexibility index (Phi) is 6.73. The molecule has 2 unspecified atom stereocenters.